The quantitative estimate of drug-likeness (QED) is 0.503. The molecule has 2 heterocycles. The van der Waals surface area contributed by atoms with Gasteiger partial charge in [0.2, 0.25) is 17.6 Å². The fourth-order valence-corrected chi connectivity index (χ4v) is 5.10. The minimum Gasteiger partial charge on any atom is -0.349 e. The molecule has 0 bridgehead atoms. The molecule has 1 saturated carbocycles. The number of likely N-dealkylation sites (tertiary alicyclic amines) is 1. The third-order valence-corrected chi connectivity index (χ3v) is 7.19. The first-order valence-electron chi connectivity index (χ1n) is 13.0. The number of nitrogens with zero attached hydrogens (tertiary/aromatic N) is 3. The SMILES string of the molecule is O=C(NC1CCCCC1)c1ccccc1NC(=O)C1CCN(Cc2nc(-c3ccccc3)no2)CC1. The Balaban J connectivity index is 1.13. The molecular weight excluding hydrogens is 454 g/mol. The Morgan fingerprint density at radius 3 is 2.42 bits per heavy atom. The molecule has 8 nitrogen and oxygen atoms in total. The summed E-state index contributed by atoms with van der Waals surface area (Å²) in [5.74, 6) is 0.928. The number of rotatable bonds is 7. The molecule has 1 saturated heterocycles. The topological polar surface area (TPSA) is 100 Å². The predicted molar refractivity (Wildman–Crippen MR) is 137 cm³/mol. The van der Waals surface area contributed by atoms with E-state index in [0.29, 0.717) is 29.5 Å². The van der Waals surface area contributed by atoms with Gasteiger partial charge in [0.05, 0.1) is 17.8 Å². The Hall–Kier alpha value is -3.52. The lowest BCUT2D eigenvalue weighted by molar-refractivity contribution is -0.121. The van der Waals surface area contributed by atoms with Crippen LogP contribution in [0, 0.1) is 5.92 Å². The van der Waals surface area contributed by atoms with E-state index in [1.54, 1.807) is 6.07 Å². The van der Waals surface area contributed by atoms with E-state index >= 15 is 0 Å². The fraction of sp³-hybridized carbons (Fsp3) is 0.429. The number of anilines is 1. The number of amides is 2. The van der Waals surface area contributed by atoms with Crippen LogP contribution in [0.2, 0.25) is 0 Å². The van der Waals surface area contributed by atoms with Gasteiger partial charge in [-0.3, -0.25) is 14.5 Å². The lowest BCUT2D eigenvalue weighted by atomic mass is 9.95. The van der Waals surface area contributed by atoms with Crippen molar-refractivity contribution in [1.82, 2.24) is 20.4 Å². The van der Waals surface area contributed by atoms with Crippen LogP contribution in [-0.2, 0) is 11.3 Å². The number of para-hydroxylation sites is 1. The maximum atomic E-state index is 13.1. The third-order valence-electron chi connectivity index (χ3n) is 7.19. The van der Waals surface area contributed by atoms with Gasteiger partial charge >= 0.3 is 0 Å². The van der Waals surface area contributed by atoms with E-state index in [-0.39, 0.29) is 23.8 Å². The minimum atomic E-state index is -0.109. The van der Waals surface area contributed by atoms with Gasteiger partial charge in [0, 0.05) is 17.5 Å². The fourth-order valence-electron chi connectivity index (χ4n) is 5.10. The van der Waals surface area contributed by atoms with Crippen molar-refractivity contribution >= 4 is 17.5 Å². The zero-order valence-corrected chi connectivity index (χ0v) is 20.5. The van der Waals surface area contributed by atoms with Crippen LogP contribution in [0.5, 0.6) is 0 Å². The zero-order valence-electron chi connectivity index (χ0n) is 20.5. The van der Waals surface area contributed by atoms with Crippen LogP contribution < -0.4 is 10.6 Å². The van der Waals surface area contributed by atoms with Gasteiger partial charge in [-0.05, 0) is 50.9 Å². The van der Waals surface area contributed by atoms with Crippen molar-refractivity contribution < 1.29 is 14.1 Å². The molecular formula is C28H33N5O3. The first kappa shape index (κ1) is 24.2. The molecule has 2 aromatic carbocycles. The highest BCUT2D eigenvalue weighted by Gasteiger charge is 2.27. The summed E-state index contributed by atoms with van der Waals surface area (Å²) in [7, 11) is 0. The molecule has 0 atom stereocenters. The van der Waals surface area contributed by atoms with Crippen molar-refractivity contribution in [1.29, 1.82) is 0 Å². The van der Waals surface area contributed by atoms with Gasteiger partial charge in [-0.15, -0.1) is 0 Å². The Bertz CT molecular complexity index is 1160. The average Bonchev–Trinajstić information content (AvgIpc) is 3.39. The second kappa shape index (κ2) is 11.5. The number of piperidine rings is 1. The van der Waals surface area contributed by atoms with Crippen molar-refractivity contribution in [3.8, 4) is 11.4 Å². The van der Waals surface area contributed by atoms with Gasteiger partial charge in [0.15, 0.2) is 0 Å². The molecule has 8 heteroatoms. The molecule has 2 aliphatic rings. The Morgan fingerprint density at radius 2 is 1.64 bits per heavy atom. The average molecular weight is 488 g/mol. The molecule has 2 fully saturated rings. The molecule has 36 heavy (non-hydrogen) atoms. The molecule has 1 aliphatic heterocycles. The highest BCUT2D eigenvalue weighted by atomic mass is 16.5. The summed E-state index contributed by atoms with van der Waals surface area (Å²) in [4.78, 5) is 32.7. The number of nitrogens with one attached hydrogen (secondary N) is 2. The summed E-state index contributed by atoms with van der Waals surface area (Å²) >= 11 is 0. The monoisotopic (exact) mass is 487 g/mol. The Kier molecular flexibility index (Phi) is 7.71. The first-order valence-corrected chi connectivity index (χ1v) is 13.0. The van der Waals surface area contributed by atoms with Gasteiger partial charge < -0.3 is 15.2 Å². The second-order valence-corrected chi connectivity index (χ2v) is 9.77. The van der Waals surface area contributed by atoms with E-state index in [1.165, 1.54) is 6.42 Å². The van der Waals surface area contributed by atoms with E-state index < -0.39 is 0 Å². The Morgan fingerprint density at radius 1 is 0.917 bits per heavy atom. The molecule has 0 radical (unpaired) electrons. The highest BCUT2D eigenvalue weighted by Crippen LogP contribution is 2.24. The van der Waals surface area contributed by atoms with E-state index in [4.69, 9.17) is 4.52 Å². The molecule has 1 aromatic heterocycles. The lowest BCUT2D eigenvalue weighted by Gasteiger charge is -2.30. The van der Waals surface area contributed by atoms with Crippen LogP contribution in [0.1, 0.15) is 61.2 Å². The highest BCUT2D eigenvalue weighted by molar-refractivity contribution is 6.04. The first-order chi connectivity index (χ1) is 17.7. The standard InChI is InChI=1S/C28H33N5O3/c34-27(30-24-14-8-7-13-23(24)28(35)29-22-11-5-2-6-12-22)21-15-17-33(18-16-21)19-25-31-26(32-36-25)20-9-3-1-4-10-20/h1,3-4,7-10,13-14,21-22H,2,5-6,11-12,15-19H2,(H,29,35)(H,30,34). The summed E-state index contributed by atoms with van der Waals surface area (Å²) in [6.07, 6.45) is 7.07. The molecule has 0 spiro atoms. The number of hydrogen-bond donors (Lipinski definition) is 2. The van der Waals surface area contributed by atoms with Crippen LogP contribution in [0.25, 0.3) is 11.4 Å². The maximum absolute atomic E-state index is 13.1. The van der Waals surface area contributed by atoms with Crippen LogP contribution in [0.15, 0.2) is 59.1 Å². The lowest BCUT2D eigenvalue weighted by Crippen LogP contribution is -2.38. The largest absolute Gasteiger partial charge is 0.349 e. The molecule has 2 N–H and O–H groups in total. The molecule has 3 aromatic rings. The van der Waals surface area contributed by atoms with Crippen molar-refractivity contribution in [3.05, 3.63) is 66.1 Å². The van der Waals surface area contributed by atoms with Crippen molar-refractivity contribution in [3.63, 3.8) is 0 Å². The van der Waals surface area contributed by atoms with Gasteiger partial charge in [0.25, 0.3) is 5.91 Å². The van der Waals surface area contributed by atoms with Crippen LogP contribution in [-0.4, -0.2) is 46.0 Å². The van der Waals surface area contributed by atoms with E-state index in [0.717, 1.165) is 57.2 Å². The van der Waals surface area contributed by atoms with E-state index in [1.807, 2.05) is 48.5 Å². The summed E-state index contributed by atoms with van der Waals surface area (Å²) < 4.78 is 5.45. The summed E-state index contributed by atoms with van der Waals surface area (Å²) in [6, 6.07) is 17.3. The van der Waals surface area contributed by atoms with Crippen LogP contribution in [0.3, 0.4) is 0 Å². The molecule has 2 amide bonds. The second-order valence-electron chi connectivity index (χ2n) is 9.77. The number of aromatic nitrogens is 2. The van der Waals surface area contributed by atoms with E-state index in [2.05, 4.69) is 25.7 Å². The van der Waals surface area contributed by atoms with Gasteiger partial charge in [0.1, 0.15) is 0 Å². The van der Waals surface area contributed by atoms with Crippen LogP contribution in [0.4, 0.5) is 5.69 Å². The number of carbonyl (C=O) groups excluding carboxylic acids is 2. The summed E-state index contributed by atoms with van der Waals surface area (Å²) in [5, 5.41) is 10.3. The molecule has 1 aliphatic carbocycles. The van der Waals surface area contributed by atoms with Crippen molar-refractivity contribution in [2.75, 3.05) is 18.4 Å². The molecule has 188 valence electrons. The molecule has 5 rings (SSSR count). The van der Waals surface area contributed by atoms with Gasteiger partial charge in [-0.25, -0.2) is 0 Å². The van der Waals surface area contributed by atoms with Gasteiger partial charge in [-0.2, -0.15) is 4.98 Å². The zero-order chi connectivity index (χ0) is 24.7. The summed E-state index contributed by atoms with van der Waals surface area (Å²) in [6.45, 7) is 2.11. The maximum Gasteiger partial charge on any atom is 0.253 e. The van der Waals surface area contributed by atoms with Crippen LogP contribution >= 0.6 is 0 Å². The van der Waals surface area contributed by atoms with Crippen molar-refractivity contribution in [2.45, 2.75) is 57.5 Å². The minimum absolute atomic E-state index is 0.0308. The number of hydrogen-bond acceptors (Lipinski definition) is 6. The normalized spacial score (nSPS) is 17.6. The Labute approximate surface area is 211 Å². The van der Waals surface area contributed by atoms with E-state index in [9.17, 15) is 9.59 Å². The smallest absolute Gasteiger partial charge is 0.253 e. The van der Waals surface area contributed by atoms with Crippen molar-refractivity contribution in [2.24, 2.45) is 5.92 Å². The van der Waals surface area contributed by atoms with Gasteiger partial charge in [-0.1, -0.05) is 66.9 Å². The summed E-state index contributed by atoms with van der Waals surface area (Å²) in [5.41, 5.74) is 2.03. The predicted octanol–water partition coefficient (Wildman–Crippen LogP) is 4.65. The third kappa shape index (κ3) is 5.99. The molecule has 0 unspecified atom stereocenters. The number of carbonyl (C=O) groups is 2. The number of benzene rings is 2.